The molecule has 10 heteroatoms. The van der Waals surface area contributed by atoms with Gasteiger partial charge in [-0.1, -0.05) is 243 Å². The summed E-state index contributed by atoms with van der Waals surface area (Å²) in [5.41, 5.74) is 20.2. The van der Waals surface area contributed by atoms with Gasteiger partial charge in [-0.15, -0.1) is 22.7 Å². The predicted molar refractivity (Wildman–Crippen MR) is 454 cm³/mol. The average Bonchev–Trinajstić information content (AvgIpc) is 1.54. The fourth-order valence-electron chi connectivity index (χ4n) is 16.6. The van der Waals surface area contributed by atoms with E-state index in [1.54, 1.807) is 0 Å². The molecule has 108 heavy (non-hydrogen) atoms. The molecule has 0 spiro atoms. The van der Waals surface area contributed by atoms with E-state index in [1.807, 2.05) is 59.3 Å². The van der Waals surface area contributed by atoms with Crippen LogP contribution in [0.3, 0.4) is 0 Å². The minimum Gasteiger partial charge on any atom is -0.309 e. The summed E-state index contributed by atoms with van der Waals surface area (Å²) >= 11 is 3.76. The normalized spacial score (nSPS) is 11.9. The van der Waals surface area contributed by atoms with Gasteiger partial charge >= 0.3 is 0 Å². The van der Waals surface area contributed by atoms with Crippen LogP contribution >= 0.6 is 22.7 Å². The number of aromatic nitrogens is 8. The first-order valence-corrected chi connectivity index (χ1v) is 37.9. The number of hydrogen-bond acceptors (Lipinski definition) is 8. The summed E-state index contributed by atoms with van der Waals surface area (Å²) in [4.78, 5) is 30.5. The summed E-state index contributed by atoms with van der Waals surface area (Å²) in [5, 5.41) is 17.7. The second-order valence-electron chi connectivity index (χ2n) is 27.6. The number of pyridine rings is 2. The van der Waals surface area contributed by atoms with Gasteiger partial charge in [-0.2, -0.15) is 0 Å². The molecular weight excluding hydrogens is 1350 g/mol. The zero-order valence-electron chi connectivity index (χ0n) is 57.9. The molecule has 0 unspecified atom stereocenters. The van der Waals surface area contributed by atoms with E-state index in [9.17, 15) is 0 Å². The zero-order valence-corrected chi connectivity index (χ0v) is 59.5. The van der Waals surface area contributed by atoms with Crippen molar-refractivity contribution >= 4 is 161 Å². The van der Waals surface area contributed by atoms with Crippen LogP contribution in [-0.2, 0) is 0 Å². The van der Waals surface area contributed by atoms with Crippen molar-refractivity contribution in [3.63, 3.8) is 0 Å². The van der Waals surface area contributed by atoms with Crippen LogP contribution in [0.15, 0.2) is 352 Å². The van der Waals surface area contributed by atoms with Crippen LogP contribution in [0.25, 0.3) is 217 Å². The summed E-state index contributed by atoms with van der Waals surface area (Å²) in [7, 11) is 0. The van der Waals surface area contributed by atoms with Crippen LogP contribution in [-0.4, -0.2) is 39.0 Å². The number of fused-ring (bicyclic) bond motifs is 23. The van der Waals surface area contributed by atoms with Crippen LogP contribution in [0.5, 0.6) is 0 Å². The summed E-state index contributed by atoms with van der Waals surface area (Å²) in [6.45, 7) is 0. The Hall–Kier alpha value is -13.9. The molecule has 0 bridgehead atoms. The number of para-hydroxylation sites is 2. The van der Waals surface area contributed by atoms with Crippen molar-refractivity contribution in [2.75, 3.05) is 0 Å². The first-order chi connectivity index (χ1) is 53.6. The van der Waals surface area contributed by atoms with Crippen LogP contribution in [0.2, 0.25) is 0 Å². The van der Waals surface area contributed by atoms with Gasteiger partial charge in [-0.25, -0.2) is 19.9 Å². The van der Waals surface area contributed by atoms with Crippen LogP contribution in [0.1, 0.15) is 0 Å². The van der Waals surface area contributed by atoms with Gasteiger partial charge in [-0.3, -0.25) is 9.97 Å². The van der Waals surface area contributed by atoms with Crippen molar-refractivity contribution in [2.24, 2.45) is 0 Å². The van der Waals surface area contributed by atoms with Gasteiger partial charge in [0.15, 0.2) is 11.6 Å². The predicted octanol–water partition coefficient (Wildman–Crippen LogP) is 26.4. The molecule has 0 saturated heterocycles. The van der Waals surface area contributed by atoms with E-state index in [0.29, 0.717) is 11.6 Å². The molecule has 502 valence electrons. The Morgan fingerprint density at radius 1 is 0.241 bits per heavy atom. The lowest BCUT2D eigenvalue weighted by molar-refractivity contribution is 1.17. The Labute approximate surface area is 626 Å². The van der Waals surface area contributed by atoms with E-state index in [2.05, 4.69) is 325 Å². The standard InChI is InChI=1S/C53H32N4S.C45H26N4S/c1-3-15-33(16-4-1)36-29-37(34-17-5-2-6-18-34)31-38(30-36)49-50-44(25-14-28-54-50)55-53(56-49)35-19-13-20-39(32-35)57-45-26-11-9-23-42(45)47-40-21-7-8-22-41(40)52-48(51(47)57)43-24-10-12-27-46(43)58-52;1-2-12-28-25-29(23-22-27(28)11-1)41-42-36(19-10-24-46-42)47-45(48-41)30-13-9-14-31(26-30)49-37-20-7-5-17-34(37)39-32-15-3-4-16-33(32)44-40(43(39)49)35-18-6-8-21-38(35)50-44/h1-32H;1-26H. The monoisotopic (exact) mass is 1410 g/mol. The Morgan fingerprint density at radius 2 is 0.648 bits per heavy atom. The molecule has 0 radical (unpaired) electrons. The largest absolute Gasteiger partial charge is 0.309 e. The molecule has 8 heterocycles. The van der Waals surface area contributed by atoms with E-state index in [4.69, 9.17) is 29.9 Å². The Balaban J connectivity index is 0.000000135. The van der Waals surface area contributed by atoms with Gasteiger partial charge in [0.1, 0.15) is 22.4 Å². The number of hydrogen-bond donors (Lipinski definition) is 0. The van der Waals surface area contributed by atoms with Crippen LogP contribution in [0.4, 0.5) is 0 Å². The maximum atomic E-state index is 5.40. The molecule has 0 N–H and O–H groups in total. The molecule has 0 aliphatic rings. The fraction of sp³-hybridized carbons (Fsp3) is 0. The lowest BCUT2D eigenvalue weighted by atomic mass is 9.94. The zero-order chi connectivity index (χ0) is 70.9. The van der Waals surface area contributed by atoms with E-state index in [1.165, 1.54) is 111 Å². The highest BCUT2D eigenvalue weighted by molar-refractivity contribution is 7.27. The van der Waals surface area contributed by atoms with E-state index in [0.717, 1.165) is 94.9 Å². The van der Waals surface area contributed by atoms with Gasteiger partial charge in [0.05, 0.1) is 33.1 Å². The lowest BCUT2D eigenvalue weighted by Gasteiger charge is -2.14. The molecular formula is C98H58N8S2. The second kappa shape index (κ2) is 24.9. The molecule has 0 atom stereocenters. The highest BCUT2D eigenvalue weighted by Crippen LogP contribution is 2.51. The van der Waals surface area contributed by atoms with Crippen molar-refractivity contribution in [3.05, 3.63) is 352 Å². The maximum Gasteiger partial charge on any atom is 0.160 e. The van der Waals surface area contributed by atoms with E-state index >= 15 is 0 Å². The minimum atomic E-state index is 0.654. The molecule has 0 fully saturated rings. The van der Waals surface area contributed by atoms with Gasteiger partial charge in [-0.05, 0) is 141 Å². The molecule has 23 aromatic rings. The SMILES string of the molecule is c1cc(-c2nc(-c3ccc4ccccc4c3)c3ncccc3n2)cc(-n2c3ccccc3c3c4ccccc4c4sc5ccccc5c4c32)c1.c1ccc(-c2cc(-c3ccccc3)cc(-c3nc(-c4cccc(-n5c6ccccc6c6c7ccccc7c7sc8ccccc8c7c65)c4)nc4cccnc34)c2)cc1. The van der Waals surface area contributed by atoms with Crippen molar-refractivity contribution in [1.82, 2.24) is 39.0 Å². The Bertz CT molecular complexity index is 7590. The molecule has 0 aliphatic carbocycles. The number of benzene rings is 15. The van der Waals surface area contributed by atoms with Crippen LogP contribution in [0, 0.1) is 0 Å². The Kier molecular flexibility index (Phi) is 14.2. The van der Waals surface area contributed by atoms with Crippen molar-refractivity contribution in [3.8, 4) is 78.9 Å². The van der Waals surface area contributed by atoms with E-state index < -0.39 is 0 Å². The molecule has 0 aliphatic heterocycles. The molecule has 0 amide bonds. The first-order valence-electron chi connectivity index (χ1n) is 36.3. The average molecular weight is 1410 g/mol. The topological polar surface area (TPSA) is 87.2 Å². The van der Waals surface area contributed by atoms with Gasteiger partial charge in [0.2, 0.25) is 0 Å². The first kappa shape index (κ1) is 61.6. The van der Waals surface area contributed by atoms with E-state index in [-0.39, 0.29) is 0 Å². The Morgan fingerprint density at radius 3 is 1.16 bits per heavy atom. The van der Waals surface area contributed by atoms with Crippen molar-refractivity contribution in [1.29, 1.82) is 0 Å². The number of nitrogens with zero attached hydrogens (tertiary/aromatic N) is 8. The summed E-state index contributed by atoms with van der Waals surface area (Å²) in [5.74, 6) is 1.33. The lowest BCUT2D eigenvalue weighted by Crippen LogP contribution is -1.99. The maximum absolute atomic E-state index is 5.40. The summed E-state index contributed by atoms with van der Waals surface area (Å²) in [6.07, 6.45) is 3.65. The highest BCUT2D eigenvalue weighted by Gasteiger charge is 2.26. The third-order valence-corrected chi connectivity index (χ3v) is 23.8. The number of rotatable bonds is 8. The van der Waals surface area contributed by atoms with Gasteiger partial charge in [0, 0.05) is 119 Å². The van der Waals surface area contributed by atoms with Gasteiger partial charge in [0.25, 0.3) is 0 Å². The molecule has 23 rings (SSSR count). The second-order valence-corrected chi connectivity index (χ2v) is 29.7. The summed E-state index contributed by atoms with van der Waals surface area (Å²) in [6, 6.07) is 121. The number of thiophene rings is 2. The molecule has 15 aromatic carbocycles. The fourth-order valence-corrected chi connectivity index (χ4v) is 19.1. The highest BCUT2D eigenvalue weighted by atomic mass is 32.1. The third-order valence-electron chi connectivity index (χ3n) is 21.4. The molecule has 8 nitrogen and oxygen atoms in total. The van der Waals surface area contributed by atoms with Gasteiger partial charge < -0.3 is 9.13 Å². The van der Waals surface area contributed by atoms with Crippen molar-refractivity contribution < 1.29 is 0 Å². The smallest absolute Gasteiger partial charge is 0.160 e. The molecule has 8 aromatic heterocycles. The van der Waals surface area contributed by atoms with Crippen molar-refractivity contribution in [2.45, 2.75) is 0 Å². The summed E-state index contributed by atoms with van der Waals surface area (Å²) < 4.78 is 10.1. The minimum absolute atomic E-state index is 0.654. The quantitative estimate of drug-likeness (QED) is 0.151. The van der Waals surface area contributed by atoms with Crippen LogP contribution < -0.4 is 0 Å². The molecule has 0 saturated carbocycles. The third kappa shape index (κ3) is 9.88.